The van der Waals surface area contributed by atoms with Gasteiger partial charge in [-0.05, 0) is 13.8 Å². The van der Waals surface area contributed by atoms with Crippen molar-refractivity contribution < 1.29 is 19.0 Å². The second-order valence-electron chi connectivity index (χ2n) is 2.13. The number of hydrogen-bond donors (Lipinski definition) is 1. The minimum Gasteiger partial charge on any atom is -0.464 e. The van der Waals surface area contributed by atoms with Crippen molar-refractivity contribution in [2.75, 3.05) is 13.3 Å². The zero-order chi connectivity index (χ0) is 8.20. The molecule has 0 aromatic carbocycles. The Morgan fingerprint density at radius 1 is 1.80 bits per heavy atom. The summed E-state index contributed by atoms with van der Waals surface area (Å²) in [5, 5.41) is 8.87. The van der Waals surface area contributed by atoms with Gasteiger partial charge in [0.2, 0.25) is 0 Å². The minimum atomic E-state index is -1.98. The van der Waals surface area contributed by atoms with Gasteiger partial charge in [-0.2, -0.15) is 0 Å². The average molecular weight is 150 g/mol. The Morgan fingerprint density at radius 2 is 2.30 bits per heavy atom. The van der Waals surface area contributed by atoms with Crippen molar-refractivity contribution in [3.63, 3.8) is 0 Å². The van der Waals surface area contributed by atoms with Crippen LogP contribution >= 0.6 is 0 Å². The van der Waals surface area contributed by atoms with Crippen LogP contribution in [0, 0.1) is 0 Å². The van der Waals surface area contributed by atoms with Gasteiger partial charge in [0.15, 0.2) is 5.60 Å². The Balaban J connectivity index is 3.91. The zero-order valence-electron chi connectivity index (χ0n) is 6.06. The summed E-state index contributed by atoms with van der Waals surface area (Å²) in [4.78, 5) is 10.6. The lowest BCUT2D eigenvalue weighted by molar-refractivity contribution is -0.164. The number of carbonyl (C=O) groups is 1. The lowest BCUT2D eigenvalue weighted by Crippen LogP contribution is -2.38. The molecule has 0 saturated carbocycles. The molecule has 1 N–H and O–H groups in total. The second-order valence-corrected chi connectivity index (χ2v) is 2.13. The van der Waals surface area contributed by atoms with Gasteiger partial charge in [-0.25, -0.2) is 9.18 Å². The Bertz CT molecular complexity index is 122. The van der Waals surface area contributed by atoms with E-state index in [-0.39, 0.29) is 6.61 Å². The van der Waals surface area contributed by atoms with Gasteiger partial charge in [0.25, 0.3) is 0 Å². The second kappa shape index (κ2) is 3.51. The van der Waals surface area contributed by atoms with Crippen LogP contribution in [0.25, 0.3) is 0 Å². The SMILES string of the molecule is CCOC(=O)[C@@](C)(O)CF. The fraction of sp³-hybridized carbons (Fsp3) is 0.833. The first-order valence-corrected chi connectivity index (χ1v) is 3.00. The molecule has 0 amide bonds. The lowest BCUT2D eigenvalue weighted by atomic mass is 10.1. The third-order valence-corrected chi connectivity index (χ3v) is 0.975. The molecule has 10 heavy (non-hydrogen) atoms. The van der Waals surface area contributed by atoms with Crippen molar-refractivity contribution >= 4 is 5.97 Å². The van der Waals surface area contributed by atoms with Crippen molar-refractivity contribution in [2.24, 2.45) is 0 Å². The standard InChI is InChI=1S/C6H11FO3/c1-3-10-5(8)6(2,9)4-7/h9H,3-4H2,1-2H3/t6-/m0/s1. The van der Waals surface area contributed by atoms with E-state index in [1.807, 2.05) is 0 Å². The van der Waals surface area contributed by atoms with Crippen molar-refractivity contribution in [3.8, 4) is 0 Å². The molecule has 0 aromatic heterocycles. The molecule has 60 valence electrons. The van der Waals surface area contributed by atoms with E-state index in [1.165, 1.54) is 0 Å². The van der Waals surface area contributed by atoms with Crippen LogP contribution < -0.4 is 0 Å². The molecule has 0 aromatic rings. The van der Waals surface area contributed by atoms with Crippen LogP contribution in [0.4, 0.5) is 4.39 Å². The molecular formula is C6H11FO3. The van der Waals surface area contributed by atoms with E-state index in [0.717, 1.165) is 6.92 Å². The smallest absolute Gasteiger partial charge is 0.340 e. The van der Waals surface area contributed by atoms with E-state index in [2.05, 4.69) is 4.74 Å². The third kappa shape index (κ3) is 2.31. The van der Waals surface area contributed by atoms with E-state index in [9.17, 15) is 9.18 Å². The summed E-state index contributed by atoms with van der Waals surface area (Å²) >= 11 is 0. The summed E-state index contributed by atoms with van der Waals surface area (Å²) in [5.41, 5.74) is -1.98. The normalized spacial score (nSPS) is 16.0. The van der Waals surface area contributed by atoms with Crippen LogP contribution in [0.2, 0.25) is 0 Å². The molecule has 0 aliphatic carbocycles. The number of carbonyl (C=O) groups excluding carboxylic acids is 1. The van der Waals surface area contributed by atoms with Gasteiger partial charge in [-0.1, -0.05) is 0 Å². The molecule has 0 fully saturated rings. The van der Waals surface area contributed by atoms with Crippen LogP contribution in [0.1, 0.15) is 13.8 Å². The number of rotatable bonds is 3. The Kier molecular flexibility index (Phi) is 3.28. The molecule has 0 radical (unpaired) electrons. The summed E-state index contributed by atoms with van der Waals surface area (Å²) < 4.78 is 16.2. The third-order valence-electron chi connectivity index (χ3n) is 0.975. The molecule has 0 aliphatic rings. The molecule has 0 aliphatic heterocycles. The molecule has 1 atom stereocenters. The van der Waals surface area contributed by atoms with E-state index in [1.54, 1.807) is 6.92 Å². The molecular weight excluding hydrogens is 139 g/mol. The van der Waals surface area contributed by atoms with Gasteiger partial charge in [0.1, 0.15) is 6.67 Å². The summed E-state index contributed by atoms with van der Waals surface area (Å²) in [6.07, 6.45) is 0. The molecule has 0 spiro atoms. The number of hydrogen-bond acceptors (Lipinski definition) is 3. The fourth-order valence-electron chi connectivity index (χ4n) is 0.341. The van der Waals surface area contributed by atoms with Crippen LogP contribution in [0.5, 0.6) is 0 Å². The highest BCUT2D eigenvalue weighted by atomic mass is 19.1. The molecule has 0 heterocycles. The van der Waals surface area contributed by atoms with Crippen molar-refractivity contribution in [2.45, 2.75) is 19.4 Å². The van der Waals surface area contributed by atoms with E-state index >= 15 is 0 Å². The van der Waals surface area contributed by atoms with Crippen LogP contribution in [0.15, 0.2) is 0 Å². The Hall–Kier alpha value is -0.640. The predicted octanol–water partition coefficient (Wildman–Crippen LogP) is 0.270. The molecule has 4 heteroatoms. The van der Waals surface area contributed by atoms with E-state index < -0.39 is 18.2 Å². The molecule has 0 bridgehead atoms. The Labute approximate surface area is 58.8 Å². The van der Waals surface area contributed by atoms with Gasteiger partial charge >= 0.3 is 5.97 Å². The van der Waals surface area contributed by atoms with Crippen LogP contribution in [-0.2, 0) is 9.53 Å². The molecule has 0 unspecified atom stereocenters. The quantitative estimate of drug-likeness (QED) is 0.587. The molecule has 0 rings (SSSR count). The number of esters is 1. The van der Waals surface area contributed by atoms with Crippen molar-refractivity contribution in [1.82, 2.24) is 0 Å². The zero-order valence-corrected chi connectivity index (χ0v) is 6.06. The maximum absolute atomic E-state index is 11.8. The van der Waals surface area contributed by atoms with Crippen LogP contribution in [-0.4, -0.2) is 30.0 Å². The first kappa shape index (κ1) is 9.36. The maximum atomic E-state index is 11.8. The lowest BCUT2D eigenvalue weighted by Gasteiger charge is -2.15. The summed E-state index contributed by atoms with van der Waals surface area (Å²) in [7, 11) is 0. The first-order chi connectivity index (χ1) is 4.54. The van der Waals surface area contributed by atoms with Crippen molar-refractivity contribution in [1.29, 1.82) is 0 Å². The van der Waals surface area contributed by atoms with Crippen LogP contribution in [0.3, 0.4) is 0 Å². The highest BCUT2D eigenvalue weighted by molar-refractivity contribution is 5.78. The topological polar surface area (TPSA) is 46.5 Å². The largest absolute Gasteiger partial charge is 0.464 e. The predicted molar refractivity (Wildman–Crippen MR) is 33.2 cm³/mol. The van der Waals surface area contributed by atoms with Gasteiger partial charge < -0.3 is 9.84 Å². The number of aliphatic hydroxyl groups is 1. The summed E-state index contributed by atoms with van der Waals surface area (Å²) in [6.45, 7) is 1.69. The summed E-state index contributed by atoms with van der Waals surface area (Å²) in [6, 6.07) is 0. The average Bonchev–Trinajstić information content (AvgIpc) is 1.89. The number of ether oxygens (including phenoxy) is 1. The van der Waals surface area contributed by atoms with Gasteiger partial charge in [-0.15, -0.1) is 0 Å². The first-order valence-electron chi connectivity index (χ1n) is 3.00. The van der Waals surface area contributed by atoms with Gasteiger partial charge in [0.05, 0.1) is 6.61 Å². The molecule has 0 saturated heterocycles. The maximum Gasteiger partial charge on any atom is 0.340 e. The van der Waals surface area contributed by atoms with Gasteiger partial charge in [0, 0.05) is 0 Å². The summed E-state index contributed by atoms with van der Waals surface area (Å²) in [5.74, 6) is -0.919. The minimum absolute atomic E-state index is 0.148. The Morgan fingerprint density at radius 3 is 2.60 bits per heavy atom. The fourth-order valence-corrected chi connectivity index (χ4v) is 0.341. The van der Waals surface area contributed by atoms with E-state index in [4.69, 9.17) is 5.11 Å². The molecule has 3 nitrogen and oxygen atoms in total. The van der Waals surface area contributed by atoms with Crippen molar-refractivity contribution in [3.05, 3.63) is 0 Å². The monoisotopic (exact) mass is 150 g/mol. The van der Waals surface area contributed by atoms with E-state index in [0.29, 0.717) is 0 Å². The van der Waals surface area contributed by atoms with Gasteiger partial charge in [-0.3, -0.25) is 0 Å². The number of halogens is 1. The highest BCUT2D eigenvalue weighted by Crippen LogP contribution is 2.05. The highest BCUT2D eigenvalue weighted by Gasteiger charge is 2.31. The number of alkyl halides is 1.